The van der Waals surface area contributed by atoms with E-state index in [2.05, 4.69) is 30.8 Å². The Morgan fingerprint density at radius 1 is 1.15 bits per heavy atom. The SMILES string of the molecule is COc1cc(Nc2cc(CO)[nH]n2)nc(NC2CC3CCCC(C2)N3S(=O)(=O)N2CCC2)n1. The number of fused-ring (bicyclic) bond motifs is 2. The summed E-state index contributed by atoms with van der Waals surface area (Å²) in [4.78, 5) is 8.98. The van der Waals surface area contributed by atoms with Gasteiger partial charge in [-0.05, 0) is 32.1 Å². The average molecular weight is 479 g/mol. The maximum absolute atomic E-state index is 13.1. The number of aromatic nitrogens is 4. The first-order valence-corrected chi connectivity index (χ1v) is 12.8. The van der Waals surface area contributed by atoms with E-state index in [1.165, 1.54) is 7.11 Å². The predicted molar refractivity (Wildman–Crippen MR) is 121 cm³/mol. The lowest BCUT2D eigenvalue weighted by Gasteiger charge is -2.50. The highest BCUT2D eigenvalue weighted by Crippen LogP contribution is 2.38. The van der Waals surface area contributed by atoms with Crippen LogP contribution in [0.5, 0.6) is 5.88 Å². The lowest BCUT2D eigenvalue weighted by atomic mass is 9.84. The molecule has 13 heteroatoms. The van der Waals surface area contributed by atoms with Crippen molar-refractivity contribution >= 4 is 27.8 Å². The Hall–Kier alpha value is -2.48. The molecule has 0 radical (unpaired) electrons. The molecule has 3 aliphatic heterocycles. The van der Waals surface area contributed by atoms with E-state index < -0.39 is 10.2 Å². The second kappa shape index (κ2) is 9.05. The van der Waals surface area contributed by atoms with E-state index in [9.17, 15) is 13.5 Å². The van der Waals surface area contributed by atoms with Crippen molar-refractivity contribution in [1.82, 2.24) is 28.8 Å². The lowest BCUT2D eigenvalue weighted by molar-refractivity contribution is 0.102. The zero-order valence-corrected chi connectivity index (χ0v) is 19.4. The van der Waals surface area contributed by atoms with Gasteiger partial charge in [-0.2, -0.15) is 32.1 Å². The molecule has 33 heavy (non-hydrogen) atoms. The summed E-state index contributed by atoms with van der Waals surface area (Å²) in [6.45, 7) is 1.12. The largest absolute Gasteiger partial charge is 0.481 e. The molecule has 2 aromatic heterocycles. The Morgan fingerprint density at radius 3 is 2.52 bits per heavy atom. The van der Waals surface area contributed by atoms with Gasteiger partial charge in [-0.25, -0.2) is 0 Å². The number of aromatic amines is 1. The average Bonchev–Trinajstić information content (AvgIpc) is 3.18. The lowest BCUT2D eigenvalue weighted by Crippen LogP contribution is -2.62. The number of methoxy groups -OCH3 is 1. The third kappa shape index (κ3) is 4.50. The number of aliphatic hydroxyl groups is 1. The fraction of sp³-hybridized carbons (Fsp3) is 0.650. The van der Waals surface area contributed by atoms with Gasteiger partial charge in [-0.3, -0.25) is 5.10 Å². The van der Waals surface area contributed by atoms with E-state index >= 15 is 0 Å². The Kier molecular flexibility index (Phi) is 6.12. The molecule has 12 nitrogen and oxygen atoms in total. The first-order chi connectivity index (χ1) is 16.0. The summed E-state index contributed by atoms with van der Waals surface area (Å²) in [6, 6.07) is 3.40. The van der Waals surface area contributed by atoms with Crippen molar-refractivity contribution in [1.29, 1.82) is 0 Å². The van der Waals surface area contributed by atoms with Crippen LogP contribution in [0.2, 0.25) is 0 Å². The molecule has 3 aliphatic rings. The highest BCUT2D eigenvalue weighted by Gasteiger charge is 2.47. The predicted octanol–water partition coefficient (Wildman–Crippen LogP) is 1.19. The van der Waals surface area contributed by atoms with Crippen molar-refractivity contribution in [3.05, 3.63) is 17.8 Å². The van der Waals surface area contributed by atoms with Gasteiger partial charge >= 0.3 is 0 Å². The van der Waals surface area contributed by atoms with Crippen molar-refractivity contribution in [2.24, 2.45) is 0 Å². The van der Waals surface area contributed by atoms with E-state index in [-0.39, 0.29) is 24.7 Å². The second-order valence-electron chi connectivity index (χ2n) is 8.82. The zero-order valence-electron chi connectivity index (χ0n) is 18.6. The summed E-state index contributed by atoms with van der Waals surface area (Å²) < 4.78 is 35.0. The number of nitrogens with zero attached hydrogens (tertiary/aromatic N) is 5. The third-order valence-corrected chi connectivity index (χ3v) is 8.76. The zero-order chi connectivity index (χ0) is 23.0. The molecule has 3 saturated heterocycles. The van der Waals surface area contributed by atoms with E-state index in [0.29, 0.717) is 55.1 Å². The first-order valence-electron chi connectivity index (χ1n) is 11.4. The molecule has 2 unspecified atom stereocenters. The van der Waals surface area contributed by atoms with Gasteiger partial charge in [0.15, 0.2) is 5.82 Å². The minimum absolute atomic E-state index is 0.00948. The molecule has 0 spiro atoms. The monoisotopic (exact) mass is 478 g/mol. The van der Waals surface area contributed by atoms with Gasteiger partial charge in [-0.15, -0.1) is 0 Å². The van der Waals surface area contributed by atoms with E-state index in [1.807, 2.05) is 0 Å². The van der Waals surface area contributed by atoms with Crippen LogP contribution in [0, 0.1) is 0 Å². The fourth-order valence-corrected chi connectivity index (χ4v) is 7.09. The van der Waals surface area contributed by atoms with Crippen molar-refractivity contribution in [2.75, 3.05) is 30.8 Å². The number of aliphatic hydroxyl groups excluding tert-OH is 1. The maximum atomic E-state index is 13.1. The summed E-state index contributed by atoms with van der Waals surface area (Å²) in [5, 5.41) is 22.5. The summed E-state index contributed by atoms with van der Waals surface area (Å²) in [5.74, 6) is 1.82. The van der Waals surface area contributed by atoms with Crippen LogP contribution in [-0.2, 0) is 16.8 Å². The molecule has 3 fully saturated rings. The quantitative estimate of drug-likeness (QED) is 0.439. The molecule has 0 aromatic carbocycles. The van der Waals surface area contributed by atoms with Gasteiger partial charge < -0.3 is 20.5 Å². The Balaban J connectivity index is 1.31. The Labute approximate surface area is 192 Å². The number of piperidine rings is 2. The topological polar surface area (TPSA) is 149 Å². The smallest absolute Gasteiger partial charge is 0.282 e. The van der Waals surface area contributed by atoms with Crippen LogP contribution in [0.25, 0.3) is 0 Å². The molecule has 180 valence electrons. The number of nitrogens with one attached hydrogen (secondary N) is 3. The van der Waals surface area contributed by atoms with Crippen LogP contribution in [0.3, 0.4) is 0 Å². The number of hydrogen-bond donors (Lipinski definition) is 4. The van der Waals surface area contributed by atoms with E-state index in [0.717, 1.165) is 25.7 Å². The van der Waals surface area contributed by atoms with E-state index in [4.69, 9.17) is 4.74 Å². The van der Waals surface area contributed by atoms with E-state index in [1.54, 1.807) is 20.7 Å². The molecular formula is C20H30N8O4S. The summed E-state index contributed by atoms with van der Waals surface area (Å²) in [7, 11) is -1.84. The normalized spacial score (nSPS) is 25.9. The summed E-state index contributed by atoms with van der Waals surface area (Å²) in [6.07, 6.45) is 5.17. The van der Waals surface area contributed by atoms with Crippen LogP contribution in [0.4, 0.5) is 17.6 Å². The molecule has 0 amide bonds. The standard InChI is InChI=1S/C20H30N8O4S/c1-32-19-11-17(22-18-10-14(12-29)25-26-18)23-20(24-19)21-13-8-15-4-2-5-16(9-13)28(15)33(30,31)27-6-3-7-27/h10-11,13,15-16,29H,2-9,12H2,1H3,(H3,21,22,23,24,25,26). The minimum atomic E-state index is -3.38. The number of rotatable bonds is 8. The van der Waals surface area contributed by atoms with Crippen molar-refractivity contribution in [3.8, 4) is 5.88 Å². The molecule has 0 saturated carbocycles. The molecule has 2 atom stereocenters. The summed E-state index contributed by atoms with van der Waals surface area (Å²) in [5.41, 5.74) is 0.586. The summed E-state index contributed by atoms with van der Waals surface area (Å²) >= 11 is 0. The number of anilines is 3. The van der Waals surface area contributed by atoms with Crippen molar-refractivity contribution < 1.29 is 18.3 Å². The van der Waals surface area contributed by atoms with Crippen LogP contribution in [0.1, 0.15) is 44.2 Å². The Bertz CT molecular complexity index is 1080. The molecular weight excluding hydrogens is 448 g/mol. The van der Waals surface area contributed by atoms with Gasteiger partial charge in [0.05, 0.1) is 19.4 Å². The van der Waals surface area contributed by atoms with Crippen LogP contribution in [-0.4, -0.2) is 80.6 Å². The molecule has 0 aliphatic carbocycles. The molecule has 2 aromatic rings. The van der Waals surface area contributed by atoms with Crippen molar-refractivity contribution in [3.63, 3.8) is 0 Å². The molecule has 5 heterocycles. The van der Waals surface area contributed by atoms with Crippen LogP contribution < -0.4 is 15.4 Å². The van der Waals surface area contributed by atoms with Gasteiger partial charge in [-0.1, -0.05) is 6.42 Å². The fourth-order valence-electron chi connectivity index (χ4n) is 4.96. The molecule has 2 bridgehead atoms. The van der Waals surface area contributed by atoms with Gasteiger partial charge in [0.1, 0.15) is 5.82 Å². The highest BCUT2D eigenvalue weighted by atomic mass is 32.2. The maximum Gasteiger partial charge on any atom is 0.282 e. The second-order valence-corrected chi connectivity index (χ2v) is 10.7. The van der Waals surface area contributed by atoms with Crippen LogP contribution >= 0.6 is 0 Å². The minimum Gasteiger partial charge on any atom is -0.481 e. The third-order valence-electron chi connectivity index (χ3n) is 6.62. The number of H-pyrrole nitrogens is 1. The Morgan fingerprint density at radius 2 is 1.91 bits per heavy atom. The van der Waals surface area contributed by atoms with Gasteiger partial charge in [0.2, 0.25) is 11.8 Å². The van der Waals surface area contributed by atoms with Crippen LogP contribution in [0.15, 0.2) is 12.1 Å². The van der Waals surface area contributed by atoms with Crippen molar-refractivity contribution in [2.45, 2.75) is 63.3 Å². The number of hydrogen-bond acceptors (Lipinski definition) is 9. The number of ether oxygens (including phenoxy) is 1. The van der Waals surface area contributed by atoms with Gasteiger partial charge in [0, 0.05) is 43.3 Å². The molecule has 4 N–H and O–H groups in total. The van der Waals surface area contributed by atoms with Gasteiger partial charge in [0.25, 0.3) is 10.2 Å². The molecule has 5 rings (SSSR count). The first kappa shape index (κ1) is 22.3. The highest BCUT2D eigenvalue weighted by molar-refractivity contribution is 7.86.